The number of benzene rings is 2. The maximum atomic E-state index is 11.2. The van der Waals surface area contributed by atoms with Crippen LogP contribution in [0.4, 0.5) is 0 Å². The van der Waals surface area contributed by atoms with Gasteiger partial charge in [-0.25, -0.2) is 8.42 Å². The predicted molar refractivity (Wildman–Crippen MR) is 70.6 cm³/mol. The highest BCUT2D eigenvalue weighted by Gasteiger charge is 2.13. The van der Waals surface area contributed by atoms with E-state index in [0.717, 1.165) is 16.3 Å². The lowest BCUT2D eigenvalue weighted by molar-refractivity contribution is 0.595. The first-order valence-electron chi connectivity index (χ1n) is 5.38. The van der Waals surface area contributed by atoms with Crippen molar-refractivity contribution in [1.29, 1.82) is 0 Å². The average molecular weight is 249 g/mol. The van der Waals surface area contributed by atoms with Crippen LogP contribution in [0, 0.1) is 0 Å². The van der Waals surface area contributed by atoms with Crippen molar-refractivity contribution >= 4 is 20.6 Å². The number of hydrogen-bond acceptors (Lipinski definition) is 3. The van der Waals surface area contributed by atoms with Crippen molar-refractivity contribution < 1.29 is 8.42 Å². The summed E-state index contributed by atoms with van der Waals surface area (Å²) >= 11 is 0. The van der Waals surface area contributed by atoms with Gasteiger partial charge in [0, 0.05) is 12.3 Å². The molecule has 0 heterocycles. The van der Waals surface area contributed by atoms with Gasteiger partial charge in [-0.3, -0.25) is 0 Å². The maximum Gasteiger partial charge on any atom is 0.149 e. The van der Waals surface area contributed by atoms with Crippen molar-refractivity contribution in [2.24, 2.45) is 5.73 Å². The largest absolute Gasteiger partial charge is 0.323 e. The molecule has 0 aliphatic rings. The Morgan fingerprint density at radius 1 is 1.12 bits per heavy atom. The predicted octanol–water partition coefficient (Wildman–Crippen LogP) is 1.88. The molecule has 2 aromatic carbocycles. The molecule has 90 valence electrons. The minimum atomic E-state index is -3.05. The van der Waals surface area contributed by atoms with E-state index in [1.165, 1.54) is 6.26 Å². The summed E-state index contributed by atoms with van der Waals surface area (Å²) < 4.78 is 22.4. The fraction of sp³-hybridized carbons (Fsp3) is 0.231. The van der Waals surface area contributed by atoms with Gasteiger partial charge in [0.1, 0.15) is 9.84 Å². The summed E-state index contributed by atoms with van der Waals surface area (Å²) in [5, 5.41) is 2.21. The molecule has 0 saturated heterocycles. The number of rotatable bonds is 3. The van der Waals surface area contributed by atoms with Gasteiger partial charge in [0.05, 0.1) is 5.75 Å². The van der Waals surface area contributed by atoms with E-state index in [1.54, 1.807) is 0 Å². The standard InChI is InChI=1S/C13H15NO2S/c1-17(15,16)9-13(14)12-7-6-10-4-2-3-5-11(10)8-12/h2-8,13H,9,14H2,1H3. The van der Waals surface area contributed by atoms with Gasteiger partial charge in [0.2, 0.25) is 0 Å². The van der Waals surface area contributed by atoms with Gasteiger partial charge in [-0.1, -0.05) is 36.4 Å². The summed E-state index contributed by atoms with van der Waals surface area (Å²) in [4.78, 5) is 0. The highest BCUT2D eigenvalue weighted by Crippen LogP contribution is 2.19. The molecule has 17 heavy (non-hydrogen) atoms. The summed E-state index contributed by atoms with van der Waals surface area (Å²) in [6.45, 7) is 0. The van der Waals surface area contributed by atoms with Crippen LogP contribution in [-0.4, -0.2) is 20.4 Å². The molecule has 0 aliphatic carbocycles. The van der Waals surface area contributed by atoms with Crippen LogP contribution in [0.25, 0.3) is 10.8 Å². The van der Waals surface area contributed by atoms with Crippen LogP contribution in [0.15, 0.2) is 42.5 Å². The Hall–Kier alpha value is -1.39. The molecule has 2 N–H and O–H groups in total. The molecule has 0 amide bonds. The topological polar surface area (TPSA) is 60.2 Å². The van der Waals surface area contributed by atoms with E-state index >= 15 is 0 Å². The third-order valence-corrected chi connectivity index (χ3v) is 3.65. The van der Waals surface area contributed by atoms with Gasteiger partial charge in [-0.15, -0.1) is 0 Å². The first-order chi connectivity index (χ1) is 7.96. The van der Waals surface area contributed by atoms with E-state index in [-0.39, 0.29) is 5.75 Å². The minimum absolute atomic E-state index is 0.0225. The summed E-state index contributed by atoms with van der Waals surface area (Å²) in [5.41, 5.74) is 6.75. The molecular formula is C13H15NO2S. The molecular weight excluding hydrogens is 234 g/mol. The highest BCUT2D eigenvalue weighted by molar-refractivity contribution is 7.90. The SMILES string of the molecule is CS(=O)(=O)CC(N)c1ccc2ccccc2c1. The summed E-state index contributed by atoms with van der Waals surface area (Å²) in [7, 11) is -3.05. The number of hydrogen-bond donors (Lipinski definition) is 1. The van der Waals surface area contributed by atoms with Gasteiger partial charge in [-0.2, -0.15) is 0 Å². The van der Waals surface area contributed by atoms with Gasteiger partial charge >= 0.3 is 0 Å². The van der Waals surface area contributed by atoms with Crippen molar-refractivity contribution in [3.8, 4) is 0 Å². The monoisotopic (exact) mass is 249 g/mol. The molecule has 0 fully saturated rings. The Labute approximate surface area is 101 Å². The molecule has 0 saturated carbocycles. The molecule has 0 aromatic heterocycles. The molecule has 0 bridgehead atoms. The van der Waals surface area contributed by atoms with Crippen LogP contribution in [0.5, 0.6) is 0 Å². The Kier molecular flexibility index (Phi) is 3.17. The lowest BCUT2D eigenvalue weighted by Crippen LogP contribution is -2.20. The summed E-state index contributed by atoms with van der Waals surface area (Å²) in [6.07, 6.45) is 1.20. The number of nitrogens with two attached hydrogens (primary N) is 1. The van der Waals surface area contributed by atoms with Crippen LogP contribution in [0.1, 0.15) is 11.6 Å². The second kappa shape index (κ2) is 4.47. The molecule has 2 aromatic rings. The minimum Gasteiger partial charge on any atom is -0.323 e. The van der Waals surface area contributed by atoms with Crippen molar-refractivity contribution in [2.75, 3.05) is 12.0 Å². The first kappa shape index (κ1) is 12.1. The maximum absolute atomic E-state index is 11.2. The van der Waals surface area contributed by atoms with E-state index in [2.05, 4.69) is 0 Å². The molecule has 1 atom stereocenters. The van der Waals surface area contributed by atoms with Crippen LogP contribution in [0.2, 0.25) is 0 Å². The average Bonchev–Trinajstić information content (AvgIpc) is 2.26. The zero-order valence-corrected chi connectivity index (χ0v) is 10.4. The zero-order chi connectivity index (χ0) is 12.5. The third-order valence-electron chi connectivity index (χ3n) is 2.68. The summed E-state index contributed by atoms with van der Waals surface area (Å²) in [5.74, 6) is -0.0225. The van der Waals surface area contributed by atoms with E-state index in [0.29, 0.717) is 0 Å². The molecule has 3 nitrogen and oxygen atoms in total. The van der Waals surface area contributed by atoms with Crippen molar-refractivity contribution in [3.63, 3.8) is 0 Å². The van der Waals surface area contributed by atoms with Crippen LogP contribution < -0.4 is 5.73 Å². The molecule has 0 radical (unpaired) electrons. The van der Waals surface area contributed by atoms with E-state index in [4.69, 9.17) is 5.73 Å². The fourth-order valence-electron chi connectivity index (χ4n) is 1.86. The van der Waals surface area contributed by atoms with Crippen molar-refractivity contribution in [1.82, 2.24) is 0 Å². The van der Waals surface area contributed by atoms with Crippen LogP contribution in [-0.2, 0) is 9.84 Å². The molecule has 1 unspecified atom stereocenters. The van der Waals surface area contributed by atoms with E-state index in [1.807, 2.05) is 42.5 Å². The van der Waals surface area contributed by atoms with Crippen LogP contribution >= 0.6 is 0 Å². The van der Waals surface area contributed by atoms with Gasteiger partial charge in [0.25, 0.3) is 0 Å². The second-order valence-electron chi connectivity index (χ2n) is 4.31. The van der Waals surface area contributed by atoms with Crippen molar-refractivity contribution in [2.45, 2.75) is 6.04 Å². The van der Waals surface area contributed by atoms with Gasteiger partial charge < -0.3 is 5.73 Å². The van der Waals surface area contributed by atoms with Gasteiger partial charge in [-0.05, 0) is 22.4 Å². The molecule has 2 rings (SSSR count). The molecule has 4 heteroatoms. The normalized spacial score (nSPS) is 13.8. The zero-order valence-electron chi connectivity index (χ0n) is 9.63. The van der Waals surface area contributed by atoms with E-state index in [9.17, 15) is 8.42 Å². The van der Waals surface area contributed by atoms with Crippen molar-refractivity contribution in [3.05, 3.63) is 48.0 Å². The second-order valence-corrected chi connectivity index (χ2v) is 6.49. The smallest absolute Gasteiger partial charge is 0.149 e. The number of fused-ring (bicyclic) bond motifs is 1. The fourth-order valence-corrected chi connectivity index (χ4v) is 2.71. The Bertz CT molecular complexity index is 635. The lowest BCUT2D eigenvalue weighted by atomic mass is 10.0. The number of sulfone groups is 1. The Morgan fingerprint density at radius 3 is 2.41 bits per heavy atom. The lowest BCUT2D eigenvalue weighted by Gasteiger charge is -2.11. The third kappa shape index (κ3) is 3.05. The Morgan fingerprint density at radius 2 is 1.76 bits per heavy atom. The summed E-state index contributed by atoms with van der Waals surface area (Å²) in [6, 6.07) is 13.3. The highest BCUT2D eigenvalue weighted by atomic mass is 32.2. The molecule has 0 spiro atoms. The first-order valence-corrected chi connectivity index (χ1v) is 7.44. The van der Waals surface area contributed by atoms with E-state index < -0.39 is 15.9 Å². The van der Waals surface area contributed by atoms with Crippen LogP contribution in [0.3, 0.4) is 0 Å². The van der Waals surface area contributed by atoms with Gasteiger partial charge in [0.15, 0.2) is 0 Å². The molecule has 0 aliphatic heterocycles. The Balaban J connectivity index is 2.36. The quantitative estimate of drug-likeness (QED) is 0.903.